The first-order valence-corrected chi connectivity index (χ1v) is 12.3. The van der Waals surface area contributed by atoms with E-state index in [1.807, 2.05) is 0 Å². The van der Waals surface area contributed by atoms with E-state index in [9.17, 15) is 104 Å². The summed E-state index contributed by atoms with van der Waals surface area (Å²) in [6, 6.07) is 15.5. The highest BCUT2D eigenvalue weighted by Crippen LogP contribution is 2.29. The molecule has 0 amide bonds. The Labute approximate surface area is 264 Å². The molecule has 0 aromatic heterocycles. The first-order chi connectivity index (χ1) is 20.1. The molecule has 2 aromatic carbocycles. The Hall–Kier alpha value is -2.12. The zero-order chi connectivity index (χ0) is 39.4. The summed E-state index contributed by atoms with van der Waals surface area (Å²) in [5.41, 5.74) is 5.36. The molecule has 0 radical (unpaired) electrons. The third-order valence-corrected chi connectivity index (χ3v) is 3.96. The zero-order valence-electron chi connectivity index (χ0n) is 23.0. The van der Waals surface area contributed by atoms with Crippen LogP contribution in [0.5, 0.6) is 0 Å². The van der Waals surface area contributed by atoms with E-state index in [4.69, 9.17) is 0 Å². The van der Waals surface area contributed by atoms with Gasteiger partial charge in [-0.15, -0.1) is 0 Å². The van der Waals surface area contributed by atoms with Crippen LogP contribution >= 0.6 is 22.6 Å². The quantitative estimate of drug-likeness (QED) is 0.160. The van der Waals surface area contributed by atoms with E-state index in [0.717, 1.165) is 0 Å². The summed E-state index contributed by atoms with van der Waals surface area (Å²) in [6.07, 6.45) is 0. The van der Waals surface area contributed by atoms with Crippen LogP contribution in [0.4, 0.5) is 104 Å². The minimum absolute atomic E-state index is 0.580. The average molecular weight is 857 g/mol. The summed E-state index contributed by atoms with van der Waals surface area (Å²) >= 11 is 2.41. The van der Waals surface area contributed by atoms with Gasteiger partial charge < -0.3 is 104 Å². The van der Waals surface area contributed by atoms with Crippen molar-refractivity contribution in [2.45, 2.75) is 26.7 Å². The molecule has 0 saturated heterocycles. The number of aryl methyl sites for hydroxylation is 1. The molecule has 0 heterocycles. The van der Waals surface area contributed by atoms with E-state index in [1.165, 1.54) is 25.8 Å². The Morgan fingerprint density at radius 2 is 0.660 bits per heavy atom. The van der Waals surface area contributed by atoms with E-state index in [2.05, 4.69) is 85.8 Å². The molecule has 280 valence electrons. The lowest BCUT2D eigenvalue weighted by molar-refractivity contribution is 0.366. The van der Waals surface area contributed by atoms with E-state index in [1.54, 1.807) is 0 Å². The molecule has 47 heavy (non-hydrogen) atoms. The molecular weight excluding hydrogens is 840 g/mol. The summed E-state index contributed by atoms with van der Waals surface area (Å²) in [5.74, 6) is 0.580. The molecule has 2 rings (SSSR count). The molecule has 0 nitrogen and oxygen atoms in total. The maximum atomic E-state index is 9.75. The monoisotopic (exact) mass is 858 g/mol. The maximum absolute atomic E-state index is 9.75. The molecule has 0 spiro atoms. The van der Waals surface area contributed by atoms with Crippen molar-refractivity contribution in [3.05, 3.63) is 57.2 Å². The molecule has 2 aromatic rings. The van der Waals surface area contributed by atoms with Gasteiger partial charge in [0.2, 0.25) is 0 Å². The lowest BCUT2D eigenvalue weighted by atomic mass is 9.97. The summed E-state index contributed by atoms with van der Waals surface area (Å²) < 4.78 is 235. The van der Waals surface area contributed by atoms with Gasteiger partial charge in [-0.2, -0.15) is 0 Å². The van der Waals surface area contributed by atoms with Crippen molar-refractivity contribution in [3.63, 3.8) is 0 Å². The van der Waals surface area contributed by atoms with Gasteiger partial charge in [-0.3, -0.25) is 0 Å². The van der Waals surface area contributed by atoms with Crippen LogP contribution in [-0.2, 0) is 0 Å². The van der Waals surface area contributed by atoms with Crippen molar-refractivity contribution in [1.82, 2.24) is 0 Å². The van der Waals surface area contributed by atoms with Gasteiger partial charge in [-0.25, -0.2) is 0 Å². The summed E-state index contributed by atoms with van der Waals surface area (Å²) in [6.45, 7) is 6.60. The van der Waals surface area contributed by atoms with Gasteiger partial charge in [0.25, 0.3) is 0 Å². The predicted octanol–water partition coefficient (Wildman–Crippen LogP) is 13.2. The van der Waals surface area contributed by atoms with Crippen LogP contribution in [0.2, 0.25) is 0 Å². The van der Waals surface area contributed by atoms with Gasteiger partial charge in [-0.1, -0.05) is 49.7 Å². The fraction of sp³-hybridized carbons (Fsp3) is 0.250. The number of hydrogen-bond acceptors (Lipinski definition) is 0. The Morgan fingerprint density at radius 3 is 0.872 bits per heavy atom. The van der Waals surface area contributed by atoms with Crippen LogP contribution in [0, 0.1) is 10.5 Å². The topological polar surface area (TPSA) is 0 Å². The molecular formula is C16H17B6F24I-6. The van der Waals surface area contributed by atoms with Gasteiger partial charge >= 0.3 is 43.5 Å². The van der Waals surface area contributed by atoms with Gasteiger partial charge in [0.05, 0.1) is 0 Å². The molecule has 0 N–H and O–H groups in total. The van der Waals surface area contributed by atoms with E-state index in [0.29, 0.717) is 5.92 Å². The van der Waals surface area contributed by atoms with Crippen molar-refractivity contribution in [3.8, 4) is 11.1 Å². The van der Waals surface area contributed by atoms with Crippen LogP contribution in [0.15, 0.2) is 42.5 Å². The Kier molecular flexibility index (Phi) is 26.9. The zero-order valence-corrected chi connectivity index (χ0v) is 25.2. The third kappa shape index (κ3) is 92.3. The highest BCUT2D eigenvalue weighted by molar-refractivity contribution is 14.1. The van der Waals surface area contributed by atoms with Crippen LogP contribution < -0.4 is 0 Å². The van der Waals surface area contributed by atoms with Gasteiger partial charge in [0, 0.05) is 3.57 Å². The standard InChI is InChI=1S/C16H17I.6BF4/c1-11(2)14-8-9-16(17)15(10-14)13-6-4-12(3)5-7-13;6*2-1(3,4)5/h4-11H,1-3H3;;;;;;/q;6*-1. The van der Waals surface area contributed by atoms with Crippen molar-refractivity contribution in [2.24, 2.45) is 0 Å². The van der Waals surface area contributed by atoms with E-state index < -0.39 is 43.5 Å². The van der Waals surface area contributed by atoms with Gasteiger partial charge in [-0.05, 0) is 64.3 Å². The number of hydrogen-bond donors (Lipinski definition) is 0. The fourth-order valence-corrected chi connectivity index (χ4v) is 2.50. The molecule has 0 aliphatic carbocycles. The highest BCUT2D eigenvalue weighted by atomic mass is 127. The van der Waals surface area contributed by atoms with Crippen LogP contribution in [0.1, 0.15) is 30.9 Å². The normalized spacial score (nSPS) is 11.6. The molecule has 0 aliphatic heterocycles. The fourth-order valence-electron chi connectivity index (χ4n) is 1.86. The Balaban J connectivity index is -0.000000164. The maximum Gasteiger partial charge on any atom is 0.673 e. The second-order valence-corrected chi connectivity index (χ2v) is 8.89. The first-order valence-electron chi connectivity index (χ1n) is 11.2. The summed E-state index contributed by atoms with van der Waals surface area (Å²) in [4.78, 5) is 0. The second kappa shape index (κ2) is 23.3. The predicted molar refractivity (Wildman–Crippen MR) is 145 cm³/mol. The first kappa shape index (κ1) is 54.3. The third-order valence-electron chi connectivity index (χ3n) is 3.02. The summed E-state index contributed by atoms with van der Waals surface area (Å²) in [5, 5.41) is 0. The number of rotatable bonds is 2. The van der Waals surface area contributed by atoms with Gasteiger partial charge in [0.15, 0.2) is 0 Å². The minimum Gasteiger partial charge on any atom is -0.418 e. The highest BCUT2D eigenvalue weighted by Gasteiger charge is 2.22. The lowest BCUT2D eigenvalue weighted by Gasteiger charge is -2.11. The molecule has 0 unspecified atom stereocenters. The molecule has 31 heteroatoms. The van der Waals surface area contributed by atoms with E-state index in [-0.39, 0.29) is 0 Å². The summed E-state index contributed by atoms with van der Waals surface area (Å²) in [7, 11) is -36.0. The van der Waals surface area contributed by atoms with Crippen molar-refractivity contribution in [2.75, 3.05) is 0 Å². The smallest absolute Gasteiger partial charge is 0.418 e. The molecule has 0 saturated carbocycles. The van der Waals surface area contributed by atoms with Crippen molar-refractivity contribution >= 4 is 66.1 Å². The van der Waals surface area contributed by atoms with Crippen molar-refractivity contribution in [1.29, 1.82) is 0 Å². The van der Waals surface area contributed by atoms with Crippen molar-refractivity contribution < 1.29 is 104 Å². The molecule has 0 bridgehead atoms. The molecule has 0 atom stereocenters. The molecule has 0 aliphatic rings. The largest absolute Gasteiger partial charge is 0.673 e. The Morgan fingerprint density at radius 1 is 0.426 bits per heavy atom. The van der Waals surface area contributed by atoms with Gasteiger partial charge in [0.1, 0.15) is 0 Å². The number of halogens is 25. The van der Waals surface area contributed by atoms with E-state index >= 15 is 0 Å². The van der Waals surface area contributed by atoms with Crippen LogP contribution in [0.25, 0.3) is 11.1 Å². The minimum atomic E-state index is -6.00. The van der Waals surface area contributed by atoms with Crippen LogP contribution in [0.3, 0.4) is 0 Å². The van der Waals surface area contributed by atoms with Crippen LogP contribution in [-0.4, -0.2) is 43.5 Å². The lowest BCUT2D eigenvalue weighted by Crippen LogP contribution is -2.02. The number of benzene rings is 2. The molecule has 0 fully saturated rings. The second-order valence-electron chi connectivity index (χ2n) is 7.73. The Bertz CT molecular complexity index is 930. The average Bonchev–Trinajstić information content (AvgIpc) is 2.67. The SMILES string of the molecule is Cc1ccc(-c2cc(C(C)C)ccc2I)cc1.F[B-](F)(F)F.F[B-](F)(F)F.F[B-](F)(F)F.F[B-](F)(F)F.F[B-](F)(F)F.F[B-](F)(F)F.